The summed E-state index contributed by atoms with van der Waals surface area (Å²) < 4.78 is 9.32. The van der Waals surface area contributed by atoms with E-state index < -0.39 is 11.2 Å². The summed E-state index contributed by atoms with van der Waals surface area (Å²) in [5, 5.41) is 0.119. The van der Waals surface area contributed by atoms with Crippen molar-refractivity contribution < 1.29 is 4.74 Å². The molecule has 0 amide bonds. The number of hydrogen-bond acceptors (Lipinski definition) is 5. The zero-order valence-corrected chi connectivity index (χ0v) is 15.4. The number of imidazole rings is 1. The van der Waals surface area contributed by atoms with Crippen molar-refractivity contribution >= 4 is 22.8 Å². The van der Waals surface area contributed by atoms with Gasteiger partial charge >= 0.3 is 5.69 Å². The fourth-order valence-electron chi connectivity index (χ4n) is 2.94. The summed E-state index contributed by atoms with van der Waals surface area (Å²) in [5.41, 5.74) is 2.09. The summed E-state index contributed by atoms with van der Waals surface area (Å²) in [6.07, 6.45) is 1.71. The van der Waals surface area contributed by atoms with Crippen LogP contribution in [-0.2, 0) is 20.6 Å². The quantitative estimate of drug-likeness (QED) is 0.652. The fraction of sp³-hybridized carbons (Fsp3) is 0.375. The van der Waals surface area contributed by atoms with Gasteiger partial charge in [0.1, 0.15) is 5.75 Å². The molecular formula is C16H18ClN5O3. The second kappa shape index (κ2) is 6.03. The van der Waals surface area contributed by atoms with Crippen LogP contribution in [0.15, 0.2) is 15.8 Å². The van der Waals surface area contributed by atoms with Gasteiger partial charge in [-0.25, -0.2) is 4.79 Å². The SMILES string of the molecule is COc1c(C)cnc(Cn2c(Cl)nc3c2c(=O)n(C)c(=O)n3C)c1C. The molecule has 0 saturated heterocycles. The first-order chi connectivity index (χ1) is 11.8. The van der Waals surface area contributed by atoms with E-state index in [9.17, 15) is 9.59 Å². The Bertz CT molecular complexity index is 1110. The first-order valence-electron chi connectivity index (χ1n) is 7.58. The van der Waals surface area contributed by atoms with E-state index in [-0.39, 0.29) is 23.0 Å². The molecule has 132 valence electrons. The summed E-state index contributed by atoms with van der Waals surface area (Å²) in [4.78, 5) is 33.3. The third kappa shape index (κ3) is 2.53. The predicted molar refractivity (Wildman–Crippen MR) is 94.6 cm³/mol. The third-order valence-corrected chi connectivity index (χ3v) is 4.65. The van der Waals surface area contributed by atoms with Crippen LogP contribution in [0.3, 0.4) is 0 Å². The summed E-state index contributed by atoms with van der Waals surface area (Å²) in [7, 11) is 4.58. The van der Waals surface area contributed by atoms with Gasteiger partial charge < -0.3 is 9.30 Å². The molecule has 0 fully saturated rings. The maximum Gasteiger partial charge on any atom is 0.332 e. The van der Waals surface area contributed by atoms with E-state index in [0.717, 1.165) is 21.4 Å². The molecule has 0 unspecified atom stereocenters. The van der Waals surface area contributed by atoms with E-state index in [1.54, 1.807) is 24.9 Å². The normalized spacial score (nSPS) is 11.3. The number of aromatic nitrogens is 5. The number of fused-ring (bicyclic) bond motifs is 1. The van der Waals surface area contributed by atoms with Crippen LogP contribution in [0.25, 0.3) is 11.2 Å². The molecule has 0 bridgehead atoms. The second-order valence-corrected chi connectivity index (χ2v) is 6.23. The average molecular weight is 364 g/mol. The molecule has 0 atom stereocenters. The summed E-state index contributed by atoms with van der Waals surface area (Å²) in [6, 6.07) is 0. The van der Waals surface area contributed by atoms with E-state index >= 15 is 0 Å². The van der Waals surface area contributed by atoms with Crippen molar-refractivity contribution in [2.24, 2.45) is 14.1 Å². The minimum absolute atomic E-state index is 0.119. The molecule has 0 aliphatic rings. The standard InChI is InChI=1S/C16H18ClN5O3/c1-8-6-18-10(9(2)12(8)25-5)7-22-11-13(19-15(22)17)20(3)16(24)21(4)14(11)23/h6H,7H2,1-5H3. The first-order valence-corrected chi connectivity index (χ1v) is 7.96. The van der Waals surface area contributed by atoms with Crippen LogP contribution in [0.5, 0.6) is 5.75 Å². The van der Waals surface area contributed by atoms with Crippen LogP contribution >= 0.6 is 11.6 Å². The van der Waals surface area contributed by atoms with Gasteiger partial charge in [0.2, 0.25) is 5.28 Å². The Labute approximate surface area is 148 Å². The molecule has 8 nitrogen and oxygen atoms in total. The number of ether oxygens (including phenoxy) is 1. The van der Waals surface area contributed by atoms with Crippen LogP contribution in [0.2, 0.25) is 5.28 Å². The number of halogens is 1. The van der Waals surface area contributed by atoms with Crippen LogP contribution in [0.4, 0.5) is 0 Å². The first kappa shape index (κ1) is 17.2. The topological polar surface area (TPSA) is 83.9 Å². The molecule has 3 heterocycles. The van der Waals surface area contributed by atoms with Gasteiger partial charge in [-0.1, -0.05) is 0 Å². The number of hydrogen-bond donors (Lipinski definition) is 0. The molecule has 0 saturated carbocycles. The van der Waals surface area contributed by atoms with E-state index in [2.05, 4.69) is 9.97 Å². The van der Waals surface area contributed by atoms with E-state index in [0.29, 0.717) is 5.69 Å². The number of methoxy groups -OCH3 is 1. The molecule has 3 aromatic heterocycles. The molecule has 3 rings (SSSR count). The van der Waals surface area contributed by atoms with Crippen molar-refractivity contribution in [1.82, 2.24) is 23.7 Å². The van der Waals surface area contributed by atoms with Crippen molar-refractivity contribution in [3.8, 4) is 5.75 Å². The largest absolute Gasteiger partial charge is 0.496 e. The lowest BCUT2D eigenvalue weighted by atomic mass is 10.1. The van der Waals surface area contributed by atoms with Crippen molar-refractivity contribution in [3.05, 3.63) is 49.1 Å². The van der Waals surface area contributed by atoms with Gasteiger partial charge in [-0.05, 0) is 25.4 Å². The summed E-state index contributed by atoms with van der Waals surface area (Å²) >= 11 is 6.25. The highest BCUT2D eigenvalue weighted by molar-refractivity contribution is 6.29. The fourth-order valence-corrected chi connectivity index (χ4v) is 3.17. The lowest BCUT2D eigenvalue weighted by Crippen LogP contribution is -2.37. The predicted octanol–water partition coefficient (Wildman–Crippen LogP) is 1.16. The maximum absolute atomic E-state index is 12.6. The van der Waals surface area contributed by atoms with Crippen molar-refractivity contribution in [1.29, 1.82) is 0 Å². The zero-order valence-electron chi connectivity index (χ0n) is 14.6. The Kier molecular flexibility index (Phi) is 4.16. The molecule has 0 aromatic carbocycles. The molecule has 3 aromatic rings. The highest BCUT2D eigenvalue weighted by Gasteiger charge is 2.20. The van der Waals surface area contributed by atoms with Crippen LogP contribution in [0, 0.1) is 13.8 Å². The molecule has 0 radical (unpaired) electrons. The smallest absolute Gasteiger partial charge is 0.332 e. The van der Waals surface area contributed by atoms with Gasteiger partial charge in [0.15, 0.2) is 11.2 Å². The average Bonchev–Trinajstić information content (AvgIpc) is 2.91. The monoisotopic (exact) mass is 363 g/mol. The number of aryl methyl sites for hydroxylation is 2. The Morgan fingerprint density at radius 1 is 1.20 bits per heavy atom. The Hall–Kier alpha value is -2.61. The van der Waals surface area contributed by atoms with Gasteiger partial charge in [-0.2, -0.15) is 4.98 Å². The molecule has 0 spiro atoms. The molecule has 0 aliphatic heterocycles. The Balaban J connectivity index is 2.27. The second-order valence-electron chi connectivity index (χ2n) is 5.89. The summed E-state index contributed by atoms with van der Waals surface area (Å²) in [5.74, 6) is 0.742. The van der Waals surface area contributed by atoms with Crippen LogP contribution in [-0.4, -0.2) is 30.8 Å². The van der Waals surface area contributed by atoms with Gasteiger partial charge in [0, 0.05) is 31.4 Å². The Morgan fingerprint density at radius 3 is 2.52 bits per heavy atom. The lowest BCUT2D eigenvalue weighted by Gasteiger charge is -2.13. The Morgan fingerprint density at radius 2 is 1.88 bits per heavy atom. The molecule has 0 N–H and O–H groups in total. The number of nitrogens with zero attached hydrogens (tertiary/aromatic N) is 5. The van der Waals surface area contributed by atoms with E-state index in [4.69, 9.17) is 16.3 Å². The highest BCUT2D eigenvalue weighted by Crippen LogP contribution is 2.26. The van der Waals surface area contributed by atoms with E-state index in [1.807, 2.05) is 13.8 Å². The maximum atomic E-state index is 12.6. The minimum Gasteiger partial charge on any atom is -0.496 e. The van der Waals surface area contributed by atoms with Crippen molar-refractivity contribution in [3.63, 3.8) is 0 Å². The van der Waals surface area contributed by atoms with Gasteiger partial charge in [-0.3, -0.25) is 18.9 Å². The van der Waals surface area contributed by atoms with E-state index in [1.165, 1.54) is 11.6 Å². The number of rotatable bonds is 3. The number of pyridine rings is 1. The molecule has 25 heavy (non-hydrogen) atoms. The zero-order chi connectivity index (χ0) is 18.5. The van der Waals surface area contributed by atoms with Crippen molar-refractivity contribution in [2.45, 2.75) is 20.4 Å². The van der Waals surface area contributed by atoms with Crippen molar-refractivity contribution in [2.75, 3.05) is 7.11 Å². The van der Waals surface area contributed by atoms with Gasteiger partial charge in [-0.15, -0.1) is 0 Å². The van der Waals surface area contributed by atoms with Gasteiger partial charge in [0.25, 0.3) is 5.56 Å². The molecular weight excluding hydrogens is 346 g/mol. The lowest BCUT2D eigenvalue weighted by molar-refractivity contribution is 0.406. The minimum atomic E-state index is -0.454. The molecule has 9 heteroatoms. The van der Waals surface area contributed by atoms with Crippen LogP contribution in [0.1, 0.15) is 16.8 Å². The summed E-state index contributed by atoms with van der Waals surface area (Å²) in [6.45, 7) is 4.05. The van der Waals surface area contributed by atoms with Gasteiger partial charge in [0.05, 0.1) is 19.3 Å². The highest BCUT2D eigenvalue weighted by atomic mass is 35.5. The third-order valence-electron chi connectivity index (χ3n) is 4.36. The van der Waals surface area contributed by atoms with Crippen LogP contribution < -0.4 is 16.0 Å². The molecule has 0 aliphatic carbocycles.